The summed E-state index contributed by atoms with van der Waals surface area (Å²) in [5.41, 5.74) is 6.50. The van der Waals surface area contributed by atoms with Crippen LogP contribution in [0.4, 0.5) is 9.59 Å². The highest BCUT2D eigenvalue weighted by Crippen LogP contribution is 2.44. The number of imidazole rings is 2. The molecule has 3 aromatic carbocycles. The predicted octanol–water partition coefficient (Wildman–Crippen LogP) is 6.79. The van der Waals surface area contributed by atoms with Crippen LogP contribution >= 0.6 is 0 Å². The molecule has 6 heterocycles. The highest BCUT2D eigenvalue weighted by molar-refractivity contribution is 6.07. The number of aromatic amines is 2. The second kappa shape index (κ2) is 18.4. The van der Waals surface area contributed by atoms with Gasteiger partial charge >= 0.3 is 12.2 Å². The largest absolute Gasteiger partial charge is 0.488 e. The third-order valence-electron chi connectivity index (χ3n) is 13.8. The molecule has 4 N–H and O–H groups in total. The van der Waals surface area contributed by atoms with E-state index in [4.69, 9.17) is 33.7 Å². The Morgan fingerprint density at radius 2 is 1.66 bits per heavy atom. The standard InChI is InChI=1S/C48H58N8O9/c1-25(2)40(53-47(59)62-5)46(58)56-26(3)7-12-37(56)44-50-35-11-9-29-19-34-32-10-8-30(18-31(32)24-65-39(34)20-33(29)42(35)52-44)36-21-49-43(51-36)38-17-27(23-61-4)22-55(38)45(57)41(54-48(60)63-6)28-13-15-64-16-14-28/h8-11,18-21,25-28,37-38,40-41H,7,12-17,22-24H2,1-6H3,(H,49,51)(H,50,52)(H,53,59)(H,54,60). The molecule has 2 aromatic heterocycles. The number of carbonyl (C=O) groups is 4. The van der Waals surface area contributed by atoms with Gasteiger partial charge in [0.2, 0.25) is 11.8 Å². The van der Waals surface area contributed by atoms with Gasteiger partial charge in [-0.25, -0.2) is 19.6 Å². The first-order valence-electron chi connectivity index (χ1n) is 22.6. The first-order valence-corrected chi connectivity index (χ1v) is 22.6. The summed E-state index contributed by atoms with van der Waals surface area (Å²) in [4.78, 5) is 73.7. The number of H-pyrrole nitrogens is 2. The van der Waals surface area contributed by atoms with Gasteiger partial charge in [0.15, 0.2) is 0 Å². The van der Waals surface area contributed by atoms with Crippen LogP contribution in [0.1, 0.15) is 82.2 Å². The van der Waals surface area contributed by atoms with Crippen LogP contribution in [0.5, 0.6) is 5.75 Å². The number of amides is 4. The zero-order valence-corrected chi connectivity index (χ0v) is 37.8. The Kier molecular flexibility index (Phi) is 12.4. The van der Waals surface area contributed by atoms with Crippen molar-refractivity contribution in [2.45, 2.75) is 89.7 Å². The molecule has 17 heteroatoms. The fourth-order valence-electron chi connectivity index (χ4n) is 10.3. The maximum Gasteiger partial charge on any atom is 0.407 e. The van der Waals surface area contributed by atoms with Gasteiger partial charge in [0.1, 0.15) is 36.1 Å². The molecule has 0 saturated carbocycles. The van der Waals surface area contributed by atoms with Crippen molar-refractivity contribution in [3.8, 4) is 28.1 Å². The lowest BCUT2D eigenvalue weighted by molar-refractivity contribution is -0.138. The van der Waals surface area contributed by atoms with Gasteiger partial charge in [-0.3, -0.25) is 9.59 Å². The molecule has 17 nitrogen and oxygen atoms in total. The Balaban J connectivity index is 0.967. The van der Waals surface area contributed by atoms with Crippen LogP contribution in [-0.2, 0) is 35.1 Å². The van der Waals surface area contributed by atoms with Crippen molar-refractivity contribution in [3.63, 3.8) is 0 Å². The van der Waals surface area contributed by atoms with Gasteiger partial charge < -0.3 is 54.1 Å². The van der Waals surface area contributed by atoms with E-state index in [0.29, 0.717) is 63.9 Å². The van der Waals surface area contributed by atoms with E-state index in [2.05, 4.69) is 57.0 Å². The third-order valence-corrected chi connectivity index (χ3v) is 13.8. The second-order valence-corrected chi connectivity index (χ2v) is 18.2. The normalized spacial score (nSPS) is 21.8. The number of rotatable bonds is 11. The number of fused-ring (bicyclic) bond motifs is 6. The number of hydrogen-bond acceptors (Lipinski definition) is 11. The third kappa shape index (κ3) is 8.47. The van der Waals surface area contributed by atoms with Crippen LogP contribution in [0.2, 0.25) is 0 Å². The topological polar surface area (TPSA) is 202 Å². The molecule has 0 bridgehead atoms. The number of likely N-dealkylation sites (tertiary alicyclic amines) is 2. The average molecular weight is 891 g/mol. The summed E-state index contributed by atoms with van der Waals surface area (Å²) in [5.74, 6) is 1.70. The number of hydrogen-bond donors (Lipinski definition) is 4. The lowest BCUT2D eigenvalue weighted by Gasteiger charge is -2.34. The number of methoxy groups -OCH3 is 3. The number of carbonyl (C=O) groups excluding carboxylic acids is 4. The van der Waals surface area contributed by atoms with Crippen molar-refractivity contribution in [1.29, 1.82) is 0 Å². The first kappa shape index (κ1) is 44.0. The molecule has 65 heavy (non-hydrogen) atoms. The summed E-state index contributed by atoms with van der Waals surface area (Å²) in [6.07, 6.45) is 4.07. The van der Waals surface area contributed by atoms with Crippen LogP contribution in [0, 0.1) is 17.8 Å². The second-order valence-electron chi connectivity index (χ2n) is 18.2. The van der Waals surface area contributed by atoms with E-state index < -0.39 is 24.3 Å². The average Bonchev–Trinajstić information content (AvgIpc) is 4.15. The highest BCUT2D eigenvalue weighted by Gasteiger charge is 2.44. The Labute approximate surface area is 377 Å². The molecule has 3 fully saturated rings. The van der Waals surface area contributed by atoms with Crippen molar-refractivity contribution in [2.75, 3.05) is 47.7 Å². The van der Waals surface area contributed by atoms with Crippen molar-refractivity contribution in [1.82, 2.24) is 40.4 Å². The first-order chi connectivity index (χ1) is 31.5. The van der Waals surface area contributed by atoms with Crippen molar-refractivity contribution in [3.05, 3.63) is 65.9 Å². The number of nitrogens with one attached hydrogen (secondary N) is 4. The molecular weight excluding hydrogens is 833 g/mol. The summed E-state index contributed by atoms with van der Waals surface area (Å²) in [5, 5.41) is 7.52. The molecule has 0 aliphatic carbocycles. The quantitative estimate of drug-likeness (QED) is 0.109. The molecule has 9 rings (SSSR count). The van der Waals surface area contributed by atoms with E-state index in [0.717, 1.165) is 68.3 Å². The maximum absolute atomic E-state index is 14.4. The van der Waals surface area contributed by atoms with Crippen LogP contribution in [0.15, 0.2) is 48.7 Å². The van der Waals surface area contributed by atoms with Gasteiger partial charge in [-0.1, -0.05) is 32.0 Å². The smallest absolute Gasteiger partial charge is 0.407 e. The lowest BCUT2D eigenvalue weighted by atomic mass is 9.90. The van der Waals surface area contributed by atoms with Gasteiger partial charge in [0, 0.05) is 49.8 Å². The molecule has 6 atom stereocenters. The Bertz CT molecular complexity index is 2600. The van der Waals surface area contributed by atoms with E-state index in [9.17, 15) is 19.2 Å². The minimum absolute atomic E-state index is 0.0322. The van der Waals surface area contributed by atoms with Crippen molar-refractivity contribution < 1.29 is 42.9 Å². The fourth-order valence-corrected chi connectivity index (χ4v) is 10.3. The number of aromatic nitrogens is 4. The maximum atomic E-state index is 14.4. The molecule has 5 aromatic rings. The molecule has 4 amide bonds. The van der Waals surface area contributed by atoms with E-state index in [1.807, 2.05) is 42.8 Å². The zero-order valence-electron chi connectivity index (χ0n) is 37.8. The molecule has 0 radical (unpaired) electrons. The Morgan fingerprint density at radius 1 is 0.877 bits per heavy atom. The number of ether oxygens (including phenoxy) is 5. The highest BCUT2D eigenvalue weighted by atomic mass is 16.5. The zero-order chi connectivity index (χ0) is 45.5. The molecular formula is C48H58N8O9. The molecule has 4 aliphatic rings. The Hall–Kier alpha value is -6.20. The van der Waals surface area contributed by atoms with Gasteiger partial charge in [0.05, 0.1) is 55.8 Å². The molecule has 3 saturated heterocycles. The van der Waals surface area contributed by atoms with E-state index in [1.54, 1.807) is 7.11 Å². The summed E-state index contributed by atoms with van der Waals surface area (Å²) in [6.45, 7) is 8.24. The van der Waals surface area contributed by atoms with Crippen LogP contribution in [-0.4, -0.2) is 120 Å². The number of nitrogens with zero attached hydrogens (tertiary/aromatic N) is 4. The SMILES string of the molecule is COCC1CC(c2ncc(-c3ccc4c(c3)COc3cc5c(ccc6[nH]c(C7CCC(C)N7C(=O)C(NC(=O)OC)C(C)C)nc65)cc3-4)[nH]2)N(C(=O)C(NC(=O)OC)C2CCOCC2)C1. The van der Waals surface area contributed by atoms with E-state index >= 15 is 0 Å². The summed E-state index contributed by atoms with van der Waals surface area (Å²) in [7, 11) is 4.26. The molecule has 344 valence electrons. The van der Waals surface area contributed by atoms with E-state index in [1.165, 1.54) is 14.2 Å². The van der Waals surface area contributed by atoms with Crippen molar-refractivity contribution >= 4 is 45.8 Å². The monoisotopic (exact) mass is 890 g/mol. The van der Waals surface area contributed by atoms with Gasteiger partial charge in [-0.15, -0.1) is 0 Å². The lowest BCUT2D eigenvalue weighted by Crippen LogP contribution is -2.53. The van der Waals surface area contributed by atoms with Crippen LogP contribution in [0.25, 0.3) is 44.2 Å². The molecule has 6 unspecified atom stereocenters. The van der Waals surface area contributed by atoms with Crippen molar-refractivity contribution in [2.24, 2.45) is 17.8 Å². The molecule has 0 spiro atoms. The number of alkyl carbamates (subject to hydrolysis) is 2. The summed E-state index contributed by atoms with van der Waals surface area (Å²) in [6, 6.07) is 12.5. The molecule has 4 aliphatic heterocycles. The number of benzene rings is 3. The summed E-state index contributed by atoms with van der Waals surface area (Å²) < 4.78 is 27.3. The van der Waals surface area contributed by atoms with Crippen LogP contribution in [0.3, 0.4) is 0 Å². The summed E-state index contributed by atoms with van der Waals surface area (Å²) >= 11 is 0. The Morgan fingerprint density at radius 3 is 2.42 bits per heavy atom. The van der Waals surface area contributed by atoms with E-state index in [-0.39, 0.29) is 47.7 Å². The van der Waals surface area contributed by atoms with Crippen LogP contribution < -0.4 is 15.4 Å². The van der Waals surface area contributed by atoms with Gasteiger partial charge in [-0.05, 0) is 97.2 Å². The predicted molar refractivity (Wildman–Crippen MR) is 241 cm³/mol. The minimum Gasteiger partial charge on any atom is -0.488 e. The minimum atomic E-state index is -0.751. The van der Waals surface area contributed by atoms with Gasteiger partial charge in [-0.2, -0.15) is 0 Å². The van der Waals surface area contributed by atoms with Gasteiger partial charge in [0.25, 0.3) is 0 Å². The fraction of sp³-hybridized carbons (Fsp3) is 0.500.